The molecule has 2 rings (SSSR count). The summed E-state index contributed by atoms with van der Waals surface area (Å²) in [7, 11) is 0. The van der Waals surface area contributed by atoms with Crippen LogP contribution in [-0.2, 0) is 12.6 Å². The molecule has 0 bridgehead atoms. The number of aryl methyl sites for hydroxylation is 1. The van der Waals surface area contributed by atoms with Gasteiger partial charge in [-0.2, -0.15) is 13.2 Å². The van der Waals surface area contributed by atoms with E-state index in [1.165, 1.54) is 6.20 Å². The average Bonchev–Trinajstić information content (AvgIpc) is 2.45. The monoisotopic (exact) mass is 281 g/mol. The Bertz CT molecular complexity index is 596. The largest absolute Gasteiger partial charge is 0.416 e. The van der Waals surface area contributed by atoms with E-state index in [4.69, 9.17) is 5.73 Å². The summed E-state index contributed by atoms with van der Waals surface area (Å²) in [6.07, 6.45) is -0.0205. The van der Waals surface area contributed by atoms with Gasteiger partial charge < -0.3 is 5.73 Å². The maximum absolute atomic E-state index is 13.0. The molecule has 3 nitrogen and oxygen atoms in total. The number of halogens is 3. The average molecular weight is 281 g/mol. The molecule has 0 spiro atoms. The number of aromatic nitrogens is 2. The van der Waals surface area contributed by atoms with Gasteiger partial charge in [0.05, 0.1) is 17.3 Å². The molecule has 2 N–H and O–H groups in total. The van der Waals surface area contributed by atoms with Crippen molar-refractivity contribution in [2.24, 2.45) is 5.73 Å². The zero-order chi connectivity index (χ0) is 14.8. The third-order valence-corrected chi connectivity index (χ3v) is 3.09. The van der Waals surface area contributed by atoms with Crippen molar-refractivity contribution < 1.29 is 13.2 Å². The normalized spacial score (nSPS) is 13.2. The van der Waals surface area contributed by atoms with E-state index in [1.54, 1.807) is 6.07 Å². The molecule has 1 unspecified atom stereocenters. The van der Waals surface area contributed by atoms with E-state index >= 15 is 0 Å². The Morgan fingerprint density at radius 2 is 2.00 bits per heavy atom. The van der Waals surface area contributed by atoms with Gasteiger partial charge in [-0.1, -0.05) is 13.0 Å². The molecule has 0 aliphatic carbocycles. The molecule has 0 aliphatic heterocycles. The SMILES string of the molecule is CCc1cccnc1C(N)c1cnccc1C(F)(F)F. The molecule has 0 aliphatic rings. The molecular formula is C14H14F3N3. The van der Waals surface area contributed by atoms with Crippen LogP contribution in [0.3, 0.4) is 0 Å². The molecule has 2 aromatic rings. The highest BCUT2D eigenvalue weighted by Crippen LogP contribution is 2.35. The van der Waals surface area contributed by atoms with E-state index < -0.39 is 17.8 Å². The van der Waals surface area contributed by atoms with Crippen LogP contribution in [0.4, 0.5) is 13.2 Å². The minimum Gasteiger partial charge on any atom is -0.319 e. The lowest BCUT2D eigenvalue weighted by atomic mass is 9.96. The Morgan fingerprint density at radius 3 is 2.65 bits per heavy atom. The van der Waals surface area contributed by atoms with E-state index in [1.807, 2.05) is 13.0 Å². The van der Waals surface area contributed by atoms with Gasteiger partial charge in [-0.3, -0.25) is 9.97 Å². The van der Waals surface area contributed by atoms with Gasteiger partial charge in [0.1, 0.15) is 0 Å². The van der Waals surface area contributed by atoms with Crippen LogP contribution in [-0.4, -0.2) is 9.97 Å². The second-order valence-electron chi connectivity index (χ2n) is 4.34. The van der Waals surface area contributed by atoms with Crippen molar-refractivity contribution in [3.05, 3.63) is 59.2 Å². The van der Waals surface area contributed by atoms with Crippen molar-refractivity contribution in [2.75, 3.05) is 0 Å². The van der Waals surface area contributed by atoms with Gasteiger partial charge in [0.15, 0.2) is 0 Å². The van der Waals surface area contributed by atoms with Crippen LogP contribution in [0.15, 0.2) is 36.8 Å². The van der Waals surface area contributed by atoms with Crippen molar-refractivity contribution in [1.29, 1.82) is 0 Å². The summed E-state index contributed by atoms with van der Waals surface area (Å²) in [5, 5.41) is 0. The minimum atomic E-state index is -4.46. The zero-order valence-corrected chi connectivity index (χ0v) is 10.9. The highest BCUT2D eigenvalue weighted by molar-refractivity contribution is 5.37. The third-order valence-electron chi connectivity index (χ3n) is 3.09. The Labute approximate surface area is 114 Å². The Morgan fingerprint density at radius 1 is 1.25 bits per heavy atom. The molecule has 0 saturated heterocycles. The van der Waals surface area contributed by atoms with E-state index in [-0.39, 0.29) is 5.56 Å². The summed E-state index contributed by atoms with van der Waals surface area (Å²) < 4.78 is 39.0. The van der Waals surface area contributed by atoms with E-state index in [9.17, 15) is 13.2 Å². The molecule has 6 heteroatoms. The Kier molecular flexibility index (Phi) is 4.04. The van der Waals surface area contributed by atoms with Crippen molar-refractivity contribution in [3.8, 4) is 0 Å². The van der Waals surface area contributed by atoms with E-state index in [0.29, 0.717) is 12.1 Å². The molecule has 2 heterocycles. The van der Waals surface area contributed by atoms with Gasteiger partial charge in [0.25, 0.3) is 0 Å². The second kappa shape index (κ2) is 5.58. The quantitative estimate of drug-likeness (QED) is 0.940. The first-order valence-corrected chi connectivity index (χ1v) is 6.15. The summed E-state index contributed by atoms with van der Waals surface area (Å²) in [5.74, 6) is 0. The third kappa shape index (κ3) is 2.80. The van der Waals surface area contributed by atoms with Crippen LogP contribution in [0, 0.1) is 0 Å². The van der Waals surface area contributed by atoms with Crippen molar-refractivity contribution >= 4 is 0 Å². The van der Waals surface area contributed by atoms with Gasteiger partial charge >= 0.3 is 6.18 Å². The molecule has 2 aromatic heterocycles. The molecule has 0 aromatic carbocycles. The van der Waals surface area contributed by atoms with E-state index in [0.717, 1.165) is 24.0 Å². The van der Waals surface area contributed by atoms with Crippen molar-refractivity contribution in [3.63, 3.8) is 0 Å². The molecule has 0 fully saturated rings. The number of alkyl halides is 3. The summed E-state index contributed by atoms with van der Waals surface area (Å²) in [4.78, 5) is 7.88. The summed E-state index contributed by atoms with van der Waals surface area (Å²) in [6.45, 7) is 1.90. The molecule has 0 amide bonds. The number of hydrogen-bond acceptors (Lipinski definition) is 3. The molecular weight excluding hydrogens is 267 g/mol. The summed E-state index contributed by atoms with van der Waals surface area (Å²) in [6, 6.07) is 3.54. The van der Waals surface area contributed by atoms with Gasteiger partial charge in [0, 0.05) is 24.2 Å². The molecule has 20 heavy (non-hydrogen) atoms. The Balaban J connectivity index is 2.52. The second-order valence-corrected chi connectivity index (χ2v) is 4.34. The molecule has 1 atom stereocenters. The van der Waals surface area contributed by atoms with Crippen LogP contribution < -0.4 is 5.73 Å². The number of hydrogen-bond donors (Lipinski definition) is 1. The van der Waals surface area contributed by atoms with Crippen molar-refractivity contribution in [1.82, 2.24) is 9.97 Å². The maximum atomic E-state index is 13.0. The molecule has 0 radical (unpaired) electrons. The summed E-state index contributed by atoms with van der Waals surface area (Å²) >= 11 is 0. The fourth-order valence-electron chi connectivity index (χ4n) is 2.09. The number of nitrogens with zero attached hydrogens (tertiary/aromatic N) is 2. The number of rotatable bonds is 3. The minimum absolute atomic E-state index is 0.0617. The number of pyridine rings is 2. The standard InChI is InChI=1S/C14H14F3N3/c1-2-9-4-3-6-20-13(9)12(18)10-8-19-7-5-11(10)14(15,16)17/h3-8,12H,2,18H2,1H3. The van der Waals surface area contributed by atoms with Gasteiger partial charge in [0.2, 0.25) is 0 Å². The molecule has 106 valence electrons. The highest BCUT2D eigenvalue weighted by atomic mass is 19.4. The highest BCUT2D eigenvalue weighted by Gasteiger charge is 2.35. The van der Waals surface area contributed by atoms with Crippen LogP contribution >= 0.6 is 0 Å². The summed E-state index contributed by atoms with van der Waals surface area (Å²) in [5.41, 5.74) is 6.44. The van der Waals surface area contributed by atoms with E-state index in [2.05, 4.69) is 9.97 Å². The number of nitrogens with two attached hydrogens (primary N) is 1. The van der Waals surface area contributed by atoms with Gasteiger partial charge in [-0.05, 0) is 24.1 Å². The zero-order valence-electron chi connectivity index (χ0n) is 10.9. The van der Waals surface area contributed by atoms with Crippen LogP contribution in [0.1, 0.15) is 35.3 Å². The predicted octanol–water partition coefficient (Wildman–Crippen LogP) is 3.11. The van der Waals surface area contributed by atoms with Gasteiger partial charge in [-0.15, -0.1) is 0 Å². The molecule has 0 saturated carbocycles. The lowest BCUT2D eigenvalue weighted by Gasteiger charge is -2.19. The lowest BCUT2D eigenvalue weighted by molar-refractivity contribution is -0.138. The van der Waals surface area contributed by atoms with Crippen LogP contribution in [0.5, 0.6) is 0 Å². The fourth-order valence-corrected chi connectivity index (χ4v) is 2.09. The first kappa shape index (κ1) is 14.5. The van der Waals surface area contributed by atoms with Crippen molar-refractivity contribution in [2.45, 2.75) is 25.6 Å². The fraction of sp³-hybridized carbons (Fsp3) is 0.286. The first-order chi connectivity index (χ1) is 9.45. The Hall–Kier alpha value is -1.95. The lowest BCUT2D eigenvalue weighted by Crippen LogP contribution is -2.21. The maximum Gasteiger partial charge on any atom is 0.416 e. The first-order valence-electron chi connectivity index (χ1n) is 6.15. The van der Waals surface area contributed by atoms with Crippen LogP contribution in [0.25, 0.3) is 0 Å². The van der Waals surface area contributed by atoms with Gasteiger partial charge in [-0.25, -0.2) is 0 Å². The smallest absolute Gasteiger partial charge is 0.319 e. The topological polar surface area (TPSA) is 51.8 Å². The predicted molar refractivity (Wildman–Crippen MR) is 68.9 cm³/mol. The van der Waals surface area contributed by atoms with Crippen LogP contribution in [0.2, 0.25) is 0 Å².